The van der Waals surface area contributed by atoms with Crippen molar-refractivity contribution in [1.82, 2.24) is 9.97 Å². The van der Waals surface area contributed by atoms with Crippen molar-refractivity contribution in [2.75, 3.05) is 17.6 Å². The summed E-state index contributed by atoms with van der Waals surface area (Å²) in [6.45, 7) is 36.7. The molecule has 7 aromatic carbocycles. The Balaban J connectivity index is 0.000000292. The van der Waals surface area contributed by atoms with E-state index >= 15 is 0 Å². The smallest absolute Gasteiger partial charge is 0.167 e. The lowest BCUT2D eigenvalue weighted by atomic mass is 9.93. The van der Waals surface area contributed by atoms with Gasteiger partial charge in [-0.2, -0.15) is 0 Å². The number of nitrogens with two attached hydrogens (primary N) is 1. The molecule has 1 aliphatic heterocycles. The van der Waals surface area contributed by atoms with Gasteiger partial charge in [-0.05, 0) is 109 Å². The predicted molar refractivity (Wildman–Crippen MR) is 412 cm³/mol. The number of hydrogen-bond donors (Lipinski definition) is 4. The van der Waals surface area contributed by atoms with E-state index in [1.807, 2.05) is 223 Å². The number of allylic oxidation sites excluding steroid dienone is 1. The van der Waals surface area contributed by atoms with Crippen LogP contribution in [0.15, 0.2) is 200 Å². The van der Waals surface area contributed by atoms with Crippen LogP contribution in [0.25, 0.3) is 27.9 Å². The number of rotatable bonds is 19. The first-order valence-electron chi connectivity index (χ1n) is 34.8. The minimum absolute atomic E-state index is 0.0502. The van der Waals surface area contributed by atoms with Crippen molar-refractivity contribution in [3.63, 3.8) is 0 Å². The molecule has 2 aromatic heterocycles. The molecule has 0 saturated carbocycles. The fourth-order valence-electron chi connectivity index (χ4n) is 9.73. The molecular formula is C87H114N4O6. The highest BCUT2D eigenvalue weighted by molar-refractivity contribution is 6.08. The summed E-state index contributed by atoms with van der Waals surface area (Å²) in [6.07, 6.45) is 11.7. The van der Waals surface area contributed by atoms with Crippen LogP contribution in [0.1, 0.15) is 191 Å². The maximum atomic E-state index is 11.8. The van der Waals surface area contributed by atoms with Gasteiger partial charge in [0.1, 0.15) is 17.3 Å². The number of carbonyl (C=O) groups excluding carboxylic acids is 6. The summed E-state index contributed by atoms with van der Waals surface area (Å²) in [4.78, 5) is 74.0. The Labute approximate surface area is 582 Å². The van der Waals surface area contributed by atoms with Crippen molar-refractivity contribution in [3.8, 4) is 0 Å². The van der Waals surface area contributed by atoms with Crippen LogP contribution in [0.4, 0.5) is 11.4 Å². The third-order valence-corrected chi connectivity index (χ3v) is 15.9. The highest BCUT2D eigenvalue weighted by Gasteiger charge is 2.23. The Morgan fingerprint density at radius 1 is 0.495 bits per heavy atom. The lowest BCUT2D eigenvalue weighted by Crippen LogP contribution is -2.10. The molecule has 10 rings (SSSR count). The molecule has 0 bridgehead atoms. The van der Waals surface area contributed by atoms with Crippen LogP contribution < -0.4 is 11.1 Å². The van der Waals surface area contributed by atoms with E-state index in [0.29, 0.717) is 36.2 Å². The molecule has 97 heavy (non-hydrogen) atoms. The molecule has 10 heteroatoms. The molecular weight excluding hydrogens is 1200 g/mol. The molecule has 1 unspecified atom stereocenters. The van der Waals surface area contributed by atoms with Crippen molar-refractivity contribution in [1.29, 1.82) is 0 Å². The zero-order valence-corrected chi connectivity index (χ0v) is 61.6. The number of aromatic nitrogens is 2. The molecule has 10 nitrogen and oxygen atoms in total. The van der Waals surface area contributed by atoms with Gasteiger partial charge in [-0.15, -0.1) is 0 Å². The third-order valence-electron chi connectivity index (χ3n) is 15.9. The normalized spacial score (nSPS) is 11.9. The summed E-state index contributed by atoms with van der Waals surface area (Å²) in [7, 11) is 0. The Morgan fingerprint density at radius 2 is 1.00 bits per heavy atom. The number of ketones is 6. The van der Waals surface area contributed by atoms with E-state index in [1.165, 1.54) is 34.4 Å². The lowest BCUT2D eigenvalue weighted by Gasteiger charge is -2.10. The maximum Gasteiger partial charge on any atom is 0.167 e. The molecule has 5 N–H and O–H groups in total. The van der Waals surface area contributed by atoms with Gasteiger partial charge < -0.3 is 21.0 Å². The van der Waals surface area contributed by atoms with Crippen LogP contribution in [0.3, 0.4) is 0 Å². The largest absolute Gasteiger partial charge is 0.399 e. The molecule has 1 aliphatic rings. The van der Waals surface area contributed by atoms with E-state index in [4.69, 9.17) is 5.73 Å². The SMILES string of the molecule is CC(=O)C(C)C.CC(C)C(=O)/C=C/c1ccccc1.CC(C)C(=O)CCC1CNc2ccccc21.CC(C)C(=O)Cc1c[nH]c2ccccc12.CC(C)C(=O)c1c[nH]c2ccccc12.CC(C)C(=O)c1ccccc1.CC(C)Cc1cccc(N)c1.Cc1ccc(CC(C)C)cc1. The summed E-state index contributed by atoms with van der Waals surface area (Å²) >= 11 is 0. The summed E-state index contributed by atoms with van der Waals surface area (Å²) in [5.74, 6) is 4.21. The second-order valence-electron chi connectivity index (χ2n) is 27.6. The van der Waals surface area contributed by atoms with Crippen molar-refractivity contribution >= 4 is 74.0 Å². The molecule has 0 aliphatic carbocycles. The number of Topliss-reactive ketones (excluding diaryl/α,β-unsaturated/α-hetero) is 5. The summed E-state index contributed by atoms with van der Waals surface area (Å²) in [5.41, 5.74) is 19.1. The minimum Gasteiger partial charge on any atom is -0.399 e. The minimum atomic E-state index is 0.0502. The number of carbonyl (C=O) groups is 6. The summed E-state index contributed by atoms with van der Waals surface area (Å²) < 4.78 is 0. The molecule has 0 radical (unpaired) electrons. The number of benzene rings is 7. The standard InChI is InChI=1S/C14H19NO.C13H15NO.C12H13NO.C12H14O.C11H16.C10H15N.C10H12O.C5H10O/c1-10(2)14(16)8-7-11-9-15-13-6-4-3-5-12(11)13;1-9(2)13(15)7-10-8-14-12-6-4-3-5-11(10)12;1-8(2)12(14)10-7-13-11-6-4-3-5-9(10)11;1-10(2)12(13)9-8-11-6-4-3-5-7-11;1-9(2)8-11-6-4-10(3)5-7-11;1-8(2)6-9-4-3-5-10(11)7-9;1-8(2)10(11)9-6-4-3-5-7-9;1-4(2)5(3)6/h3-6,10-11,15H,7-9H2,1-2H3;3-6,8-9,14H,7H2,1-2H3;3-8,13H,1-2H3;3-10H,1-2H3;4-7,9H,8H2,1-3H3;3-5,7-8H,6,11H2,1-2H3;3-8H,1-2H3;4H,1-3H3/b;;;9-8+;;;;. The van der Waals surface area contributed by atoms with Gasteiger partial charge in [-0.25, -0.2) is 0 Å². The van der Waals surface area contributed by atoms with Crippen LogP contribution >= 0.6 is 0 Å². The quantitative estimate of drug-likeness (QED) is 0.0352. The van der Waals surface area contributed by atoms with E-state index in [-0.39, 0.29) is 58.6 Å². The van der Waals surface area contributed by atoms with E-state index in [1.54, 1.807) is 19.2 Å². The van der Waals surface area contributed by atoms with Crippen molar-refractivity contribution in [2.45, 2.75) is 163 Å². The first-order valence-corrected chi connectivity index (χ1v) is 34.8. The molecule has 3 heterocycles. The number of hydrogen-bond acceptors (Lipinski definition) is 8. The van der Waals surface area contributed by atoms with Crippen LogP contribution in [0, 0.1) is 54.3 Å². The average molecular weight is 1310 g/mol. The number of aryl methyl sites for hydroxylation is 1. The van der Waals surface area contributed by atoms with Gasteiger partial charge in [0.2, 0.25) is 0 Å². The topological polar surface area (TPSA) is 172 Å². The number of H-pyrrole nitrogens is 2. The van der Waals surface area contributed by atoms with Gasteiger partial charge in [-0.3, -0.25) is 28.8 Å². The maximum absolute atomic E-state index is 11.8. The molecule has 0 amide bonds. The Bertz CT molecular complexity index is 3810. The first-order chi connectivity index (χ1) is 46.0. The number of nitrogens with one attached hydrogen (secondary N) is 3. The average Bonchev–Trinajstić information content (AvgIpc) is 1.75. The summed E-state index contributed by atoms with van der Waals surface area (Å²) in [6, 6.07) is 60.4. The van der Waals surface area contributed by atoms with Crippen LogP contribution in [0.5, 0.6) is 0 Å². The van der Waals surface area contributed by atoms with E-state index in [9.17, 15) is 28.8 Å². The van der Waals surface area contributed by atoms with Gasteiger partial charge in [0.15, 0.2) is 17.3 Å². The Morgan fingerprint density at radius 3 is 1.54 bits per heavy atom. The molecule has 0 fully saturated rings. The second-order valence-corrected chi connectivity index (χ2v) is 27.6. The molecule has 9 aromatic rings. The van der Waals surface area contributed by atoms with Crippen molar-refractivity contribution in [2.24, 2.45) is 47.3 Å². The molecule has 1 atom stereocenters. The van der Waals surface area contributed by atoms with Crippen molar-refractivity contribution in [3.05, 3.63) is 245 Å². The number of fused-ring (bicyclic) bond motifs is 3. The predicted octanol–water partition coefficient (Wildman–Crippen LogP) is 21.5. The zero-order valence-electron chi connectivity index (χ0n) is 61.6. The number of nitrogen functional groups attached to an aromatic ring is 1. The fraction of sp³-hybridized carbons (Fsp3) is 0.379. The van der Waals surface area contributed by atoms with Gasteiger partial charge >= 0.3 is 0 Å². The van der Waals surface area contributed by atoms with E-state index in [2.05, 4.69) is 105 Å². The summed E-state index contributed by atoms with van der Waals surface area (Å²) in [5, 5.41) is 5.57. The third kappa shape index (κ3) is 31.6. The van der Waals surface area contributed by atoms with Crippen LogP contribution in [-0.2, 0) is 38.4 Å². The van der Waals surface area contributed by atoms with Gasteiger partial charge in [0, 0.05) is 118 Å². The van der Waals surface area contributed by atoms with Gasteiger partial charge in [-0.1, -0.05) is 274 Å². The molecule has 0 saturated heterocycles. The first kappa shape index (κ1) is 82.2. The monoisotopic (exact) mass is 1310 g/mol. The van der Waals surface area contributed by atoms with Crippen LogP contribution in [0.2, 0.25) is 0 Å². The van der Waals surface area contributed by atoms with E-state index in [0.717, 1.165) is 75.1 Å². The van der Waals surface area contributed by atoms with Gasteiger partial charge in [0.05, 0.1) is 0 Å². The highest BCUT2D eigenvalue weighted by atomic mass is 16.1. The fourth-order valence-corrected chi connectivity index (χ4v) is 9.73. The number of anilines is 2. The molecule has 0 spiro atoms. The van der Waals surface area contributed by atoms with Gasteiger partial charge in [0.25, 0.3) is 0 Å². The number of para-hydroxylation sites is 3. The zero-order chi connectivity index (χ0) is 72.1. The van der Waals surface area contributed by atoms with Crippen LogP contribution in [-0.4, -0.2) is 51.2 Å². The highest BCUT2D eigenvalue weighted by Crippen LogP contribution is 2.34. The Kier molecular flexibility index (Phi) is 37.2. The van der Waals surface area contributed by atoms with E-state index < -0.39 is 0 Å². The lowest BCUT2D eigenvalue weighted by molar-refractivity contribution is -0.122. The van der Waals surface area contributed by atoms with Crippen molar-refractivity contribution < 1.29 is 28.8 Å². The Hall–Kier alpha value is -9.02. The number of aromatic amines is 2. The molecule has 518 valence electrons. The second kappa shape index (κ2) is 43.9.